The highest BCUT2D eigenvalue weighted by Crippen LogP contribution is 2.26. The number of nitrogens with two attached hydrogens (primary N) is 1. The zero-order chi connectivity index (χ0) is 14.7. The van der Waals surface area contributed by atoms with Crippen LogP contribution in [0.15, 0.2) is 23.1 Å². The number of aryl methyl sites for hydroxylation is 2. The summed E-state index contributed by atoms with van der Waals surface area (Å²) < 4.78 is 0. The molecule has 0 atom stereocenters. The molecule has 1 aromatic carbocycles. The third kappa shape index (κ3) is 3.60. The molecule has 0 aliphatic heterocycles. The van der Waals surface area contributed by atoms with Gasteiger partial charge in [-0.3, -0.25) is 0 Å². The summed E-state index contributed by atoms with van der Waals surface area (Å²) in [5.41, 5.74) is 8.23. The quantitative estimate of drug-likeness (QED) is 0.872. The second-order valence-corrected chi connectivity index (χ2v) is 5.88. The van der Waals surface area contributed by atoms with Crippen LogP contribution in [0.4, 0.5) is 11.9 Å². The molecule has 0 amide bonds. The van der Waals surface area contributed by atoms with Gasteiger partial charge in [0.15, 0.2) is 0 Å². The first-order chi connectivity index (χ1) is 9.45. The minimum Gasteiger partial charge on any atom is -0.368 e. The van der Waals surface area contributed by atoms with Crippen LogP contribution in [0, 0.1) is 13.8 Å². The molecule has 6 heteroatoms. The van der Waals surface area contributed by atoms with Crippen molar-refractivity contribution in [3.05, 3.63) is 35.2 Å². The minimum atomic E-state index is 0.264. The van der Waals surface area contributed by atoms with E-state index in [1.165, 1.54) is 16.0 Å². The Morgan fingerprint density at radius 2 is 1.90 bits per heavy atom. The Morgan fingerprint density at radius 1 is 1.15 bits per heavy atom. The summed E-state index contributed by atoms with van der Waals surface area (Å²) in [7, 11) is 3.77. The number of benzene rings is 1. The highest BCUT2D eigenvalue weighted by Gasteiger charge is 2.08. The van der Waals surface area contributed by atoms with E-state index in [-0.39, 0.29) is 5.95 Å². The molecule has 20 heavy (non-hydrogen) atoms. The van der Waals surface area contributed by atoms with Gasteiger partial charge in [-0.1, -0.05) is 17.7 Å². The van der Waals surface area contributed by atoms with Gasteiger partial charge in [0.25, 0.3) is 0 Å². The molecule has 0 bridgehead atoms. The van der Waals surface area contributed by atoms with Crippen molar-refractivity contribution in [3.8, 4) is 0 Å². The Hall–Kier alpha value is -1.82. The van der Waals surface area contributed by atoms with Gasteiger partial charge in [0.2, 0.25) is 11.9 Å². The van der Waals surface area contributed by atoms with Gasteiger partial charge in [0, 0.05) is 19.0 Å². The van der Waals surface area contributed by atoms with Gasteiger partial charge in [0.1, 0.15) is 5.82 Å². The second-order valence-electron chi connectivity index (χ2n) is 4.86. The summed E-state index contributed by atoms with van der Waals surface area (Å²) in [6.07, 6.45) is 0. The molecule has 0 aliphatic rings. The van der Waals surface area contributed by atoms with Crippen molar-refractivity contribution in [2.24, 2.45) is 0 Å². The van der Waals surface area contributed by atoms with Crippen LogP contribution < -0.4 is 10.6 Å². The maximum absolute atomic E-state index is 5.72. The SMILES string of the molecule is Cc1ccc(C)c(SCc2nc(N)nc(N(C)C)n2)c1. The summed E-state index contributed by atoms with van der Waals surface area (Å²) in [5.74, 6) is 2.24. The smallest absolute Gasteiger partial charge is 0.229 e. The Balaban J connectivity index is 2.16. The van der Waals surface area contributed by atoms with E-state index in [1.807, 2.05) is 19.0 Å². The molecule has 1 aromatic heterocycles. The third-order valence-corrected chi connectivity index (χ3v) is 3.94. The molecule has 0 saturated heterocycles. The monoisotopic (exact) mass is 289 g/mol. The lowest BCUT2D eigenvalue weighted by Crippen LogP contribution is -2.15. The number of hydrogen-bond donors (Lipinski definition) is 1. The Morgan fingerprint density at radius 3 is 2.60 bits per heavy atom. The van der Waals surface area contributed by atoms with E-state index in [0.717, 1.165) is 0 Å². The Bertz CT molecular complexity index is 613. The molecule has 106 valence electrons. The summed E-state index contributed by atoms with van der Waals surface area (Å²) in [5, 5.41) is 0. The van der Waals surface area contributed by atoms with E-state index in [4.69, 9.17) is 5.73 Å². The van der Waals surface area contributed by atoms with Crippen molar-refractivity contribution in [2.75, 3.05) is 24.7 Å². The molecule has 2 aromatic rings. The van der Waals surface area contributed by atoms with E-state index < -0.39 is 0 Å². The Labute approximate surface area is 123 Å². The van der Waals surface area contributed by atoms with Crippen LogP contribution in [0.1, 0.15) is 17.0 Å². The van der Waals surface area contributed by atoms with Crippen LogP contribution in [0.3, 0.4) is 0 Å². The number of rotatable bonds is 4. The van der Waals surface area contributed by atoms with Crippen molar-refractivity contribution in [3.63, 3.8) is 0 Å². The summed E-state index contributed by atoms with van der Waals surface area (Å²) in [6, 6.07) is 6.42. The molecule has 2 rings (SSSR count). The highest BCUT2D eigenvalue weighted by atomic mass is 32.2. The molecule has 0 unspecified atom stereocenters. The number of thioether (sulfide) groups is 1. The number of nitrogens with zero attached hydrogens (tertiary/aromatic N) is 4. The van der Waals surface area contributed by atoms with Gasteiger partial charge in [-0.05, 0) is 25.5 Å². The molecular formula is C14H19N5S. The predicted molar refractivity (Wildman–Crippen MR) is 84.0 cm³/mol. The third-order valence-electron chi connectivity index (χ3n) is 2.79. The van der Waals surface area contributed by atoms with Crippen LogP contribution in [0.5, 0.6) is 0 Å². The van der Waals surface area contributed by atoms with Crippen molar-refractivity contribution in [1.82, 2.24) is 15.0 Å². The van der Waals surface area contributed by atoms with Gasteiger partial charge in [0.05, 0.1) is 5.75 Å². The number of nitrogen functional groups attached to an aromatic ring is 1. The second kappa shape index (κ2) is 6.09. The lowest BCUT2D eigenvalue weighted by Gasteiger charge is -2.11. The van der Waals surface area contributed by atoms with Crippen molar-refractivity contribution in [1.29, 1.82) is 0 Å². The average Bonchev–Trinajstić information content (AvgIpc) is 2.39. The van der Waals surface area contributed by atoms with Crippen molar-refractivity contribution in [2.45, 2.75) is 24.5 Å². The van der Waals surface area contributed by atoms with Crippen LogP contribution in [0.25, 0.3) is 0 Å². The van der Waals surface area contributed by atoms with Crippen LogP contribution in [-0.2, 0) is 5.75 Å². The molecule has 1 heterocycles. The molecule has 0 saturated carbocycles. The van der Waals surface area contributed by atoms with E-state index >= 15 is 0 Å². The lowest BCUT2D eigenvalue weighted by molar-refractivity contribution is 0.919. The van der Waals surface area contributed by atoms with Gasteiger partial charge in [-0.25, -0.2) is 0 Å². The van der Waals surface area contributed by atoms with E-state index in [1.54, 1.807) is 11.8 Å². The van der Waals surface area contributed by atoms with Gasteiger partial charge < -0.3 is 10.6 Å². The largest absolute Gasteiger partial charge is 0.368 e. The number of aromatic nitrogens is 3. The summed E-state index contributed by atoms with van der Waals surface area (Å²) in [6.45, 7) is 4.20. The standard InChI is InChI=1S/C14H19N5S/c1-9-5-6-10(2)11(7-9)20-8-12-16-13(15)18-14(17-12)19(3)4/h5-7H,8H2,1-4H3,(H2,15,16,17,18). The Kier molecular flexibility index (Phi) is 4.44. The normalized spacial score (nSPS) is 10.6. The lowest BCUT2D eigenvalue weighted by atomic mass is 10.2. The number of anilines is 2. The molecular weight excluding hydrogens is 270 g/mol. The number of hydrogen-bond acceptors (Lipinski definition) is 6. The zero-order valence-corrected chi connectivity index (χ0v) is 13.0. The fraction of sp³-hybridized carbons (Fsp3) is 0.357. The minimum absolute atomic E-state index is 0.264. The first-order valence-electron chi connectivity index (χ1n) is 6.33. The first kappa shape index (κ1) is 14.6. The highest BCUT2D eigenvalue weighted by molar-refractivity contribution is 7.98. The van der Waals surface area contributed by atoms with Crippen LogP contribution in [0.2, 0.25) is 0 Å². The molecule has 5 nitrogen and oxygen atoms in total. The van der Waals surface area contributed by atoms with E-state index in [9.17, 15) is 0 Å². The summed E-state index contributed by atoms with van der Waals surface area (Å²) >= 11 is 1.72. The maximum Gasteiger partial charge on any atom is 0.229 e. The molecule has 0 radical (unpaired) electrons. The van der Waals surface area contributed by atoms with Gasteiger partial charge >= 0.3 is 0 Å². The van der Waals surface area contributed by atoms with Crippen LogP contribution >= 0.6 is 11.8 Å². The van der Waals surface area contributed by atoms with Gasteiger partial charge in [-0.2, -0.15) is 15.0 Å². The van der Waals surface area contributed by atoms with Crippen molar-refractivity contribution >= 4 is 23.7 Å². The fourth-order valence-electron chi connectivity index (χ4n) is 1.69. The van der Waals surface area contributed by atoms with E-state index in [2.05, 4.69) is 47.0 Å². The van der Waals surface area contributed by atoms with Gasteiger partial charge in [-0.15, -0.1) is 11.8 Å². The van der Waals surface area contributed by atoms with E-state index in [0.29, 0.717) is 17.5 Å². The molecule has 2 N–H and O–H groups in total. The zero-order valence-electron chi connectivity index (χ0n) is 12.2. The molecule has 0 spiro atoms. The first-order valence-corrected chi connectivity index (χ1v) is 7.32. The average molecular weight is 289 g/mol. The molecule has 0 aliphatic carbocycles. The fourth-order valence-corrected chi connectivity index (χ4v) is 2.67. The predicted octanol–water partition coefficient (Wildman–Crippen LogP) is 2.43. The topological polar surface area (TPSA) is 67.9 Å². The summed E-state index contributed by atoms with van der Waals surface area (Å²) in [4.78, 5) is 15.8. The maximum atomic E-state index is 5.72. The van der Waals surface area contributed by atoms with Crippen molar-refractivity contribution < 1.29 is 0 Å². The molecule has 0 fully saturated rings. The van der Waals surface area contributed by atoms with Crippen LogP contribution in [-0.4, -0.2) is 29.0 Å².